The standard InChI is InChI=1S/C15H15Cl2NO2/c1-19-15-3-2-10(4-11(15)8-18)9-20-14-6-12(16)5-13(17)7-14/h2-7H,8-9,18H2,1H3. The lowest BCUT2D eigenvalue weighted by molar-refractivity contribution is 0.306. The van der Waals surface area contributed by atoms with Crippen molar-refractivity contribution in [3.05, 3.63) is 57.6 Å². The van der Waals surface area contributed by atoms with E-state index in [4.69, 9.17) is 38.4 Å². The summed E-state index contributed by atoms with van der Waals surface area (Å²) in [6, 6.07) is 10.9. The fourth-order valence-corrected chi connectivity index (χ4v) is 2.37. The molecule has 0 amide bonds. The van der Waals surface area contributed by atoms with Crippen molar-refractivity contribution in [1.29, 1.82) is 0 Å². The van der Waals surface area contributed by atoms with Crippen LogP contribution < -0.4 is 15.2 Å². The highest BCUT2D eigenvalue weighted by molar-refractivity contribution is 6.34. The van der Waals surface area contributed by atoms with Gasteiger partial charge in [0, 0.05) is 22.2 Å². The van der Waals surface area contributed by atoms with Crippen LogP contribution in [-0.4, -0.2) is 7.11 Å². The van der Waals surface area contributed by atoms with Gasteiger partial charge in [0.05, 0.1) is 7.11 Å². The van der Waals surface area contributed by atoms with Crippen LogP contribution in [0.1, 0.15) is 11.1 Å². The molecule has 0 atom stereocenters. The van der Waals surface area contributed by atoms with Gasteiger partial charge >= 0.3 is 0 Å². The Morgan fingerprint density at radius 2 is 1.75 bits per heavy atom. The van der Waals surface area contributed by atoms with E-state index in [0.717, 1.165) is 16.9 Å². The first-order valence-electron chi connectivity index (χ1n) is 6.07. The molecule has 2 rings (SSSR count). The van der Waals surface area contributed by atoms with Gasteiger partial charge in [-0.15, -0.1) is 0 Å². The van der Waals surface area contributed by atoms with Crippen LogP contribution in [0.5, 0.6) is 11.5 Å². The highest BCUT2D eigenvalue weighted by Gasteiger charge is 2.04. The molecule has 5 heteroatoms. The fraction of sp³-hybridized carbons (Fsp3) is 0.200. The van der Waals surface area contributed by atoms with Crippen molar-refractivity contribution in [2.75, 3.05) is 7.11 Å². The minimum Gasteiger partial charge on any atom is -0.496 e. The molecule has 0 spiro atoms. The molecule has 0 aromatic heterocycles. The third kappa shape index (κ3) is 3.79. The predicted molar refractivity (Wildman–Crippen MR) is 81.7 cm³/mol. The highest BCUT2D eigenvalue weighted by Crippen LogP contribution is 2.25. The normalized spacial score (nSPS) is 10.4. The Morgan fingerprint density at radius 3 is 2.35 bits per heavy atom. The van der Waals surface area contributed by atoms with Crippen LogP contribution in [0.2, 0.25) is 10.0 Å². The average molecular weight is 312 g/mol. The van der Waals surface area contributed by atoms with E-state index in [0.29, 0.717) is 28.9 Å². The Bertz CT molecular complexity index is 582. The van der Waals surface area contributed by atoms with Gasteiger partial charge < -0.3 is 15.2 Å². The van der Waals surface area contributed by atoms with E-state index >= 15 is 0 Å². The van der Waals surface area contributed by atoms with Crippen LogP contribution in [0.25, 0.3) is 0 Å². The molecule has 0 fully saturated rings. The van der Waals surface area contributed by atoms with Crippen molar-refractivity contribution in [2.45, 2.75) is 13.2 Å². The van der Waals surface area contributed by atoms with Crippen LogP contribution >= 0.6 is 23.2 Å². The van der Waals surface area contributed by atoms with Crippen molar-refractivity contribution in [2.24, 2.45) is 5.73 Å². The Kier molecular flexibility index (Phi) is 5.12. The van der Waals surface area contributed by atoms with E-state index in [1.807, 2.05) is 18.2 Å². The van der Waals surface area contributed by atoms with Crippen molar-refractivity contribution in [3.8, 4) is 11.5 Å². The van der Waals surface area contributed by atoms with Crippen LogP contribution in [-0.2, 0) is 13.2 Å². The van der Waals surface area contributed by atoms with Gasteiger partial charge in [-0.3, -0.25) is 0 Å². The highest BCUT2D eigenvalue weighted by atomic mass is 35.5. The lowest BCUT2D eigenvalue weighted by Crippen LogP contribution is -2.02. The Morgan fingerprint density at radius 1 is 1.05 bits per heavy atom. The first-order valence-corrected chi connectivity index (χ1v) is 6.82. The van der Waals surface area contributed by atoms with E-state index in [9.17, 15) is 0 Å². The molecule has 0 aliphatic heterocycles. The number of halogens is 2. The topological polar surface area (TPSA) is 44.5 Å². The molecular formula is C15H15Cl2NO2. The Hall–Kier alpha value is -1.42. The lowest BCUT2D eigenvalue weighted by Gasteiger charge is -2.11. The van der Waals surface area contributed by atoms with Crippen LogP contribution in [0.15, 0.2) is 36.4 Å². The van der Waals surface area contributed by atoms with Gasteiger partial charge in [-0.25, -0.2) is 0 Å². The molecule has 2 aromatic rings. The second-order valence-electron chi connectivity index (χ2n) is 4.24. The second-order valence-corrected chi connectivity index (χ2v) is 5.12. The first kappa shape index (κ1) is 15.0. The van der Waals surface area contributed by atoms with E-state index < -0.39 is 0 Å². The molecule has 106 valence electrons. The maximum Gasteiger partial charge on any atom is 0.123 e. The quantitative estimate of drug-likeness (QED) is 0.906. The lowest BCUT2D eigenvalue weighted by atomic mass is 10.1. The van der Waals surface area contributed by atoms with Crippen molar-refractivity contribution < 1.29 is 9.47 Å². The second kappa shape index (κ2) is 6.84. The van der Waals surface area contributed by atoms with Gasteiger partial charge in [0.15, 0.2) is 0 Å². The molecule has 0 saturated heterocycles. The number of nitrogens with two attached hydrogens (primary N) is 1. The summed E-state index contributed by atoms with van der Waals surface area (Å²) in [5.74, 6) is 1.41. The summed E-state index contributed by atoms with van der Waals surface area (Å²) >= 11 is 11.8. The smallest absolute Gasteiger partial charge is 0.123 e. The van der Waals surface area contributed by atoms with Crippen molar-refractivity contribution in [3.63, 3.8) is 0 Å². The van der Waals surface area contributed by atoms with E-state index in [-0.39, 0.29) is 0 Å². The molecule has 0 heterocycles. The first-order chi connectivity index (χ1) is 9.62. The molecule has 2 N–H and O–H groups in total. The van der Waals surface area contributed by atoms with Gasteiger partial charge in [0.25, 0.3) is 0 Å². The van der Waals surface area contributed by atoms with E-state index in [1.54, 1.807) is 25.3 Å². The number of rotatable bonds is 5. The Labute approximate surface area is 128 Å². The van der Waals surface area contributed by atoms with Gasteiger partial charge in [-0.05, 0) is 35.9 Å². The molecule has 0 saturated carbocycles. The number of benzene rings is 2. The molecular weight excluding hydrogens is 297 g/mol. The summed E-state index contributed by atoms with van der Waals surface area (Å²) in [7, 11) is 1.62. The third-order valence-corrected chi connectivity index (χ3v) is 3.24. The summed E-state index contributed by atoms with van der Waals surface area (Å²) in [4.78, 5) is 0. The summed E-state index contributed by atoms with van der Waals surface area (Å²) in [5.41, 5.74) is 7.63. The van der Waals surface area contributed by atoms with E-state index in [1.165, 1.54) is 0 Å². The molecule has 2 aromatic carbocycles. The van der Waals surface area contributed by atoms with Crippen LogP contribution in [0.3, 0.4) is 0 Å². The zero-order valence-electron chi connectivity index (χ0n) is 11.0. The maximum absolute atomic E-state index is 5.92. The summed E-state index contributed by atoms with van der Waals surface area (Å²) in [5, 5.41) is 1.09. The molecule has 0 aliphatic rings. The van der Waals surface area contributed by atoms with Gasteiger partial charge in [0.2, 0.25) is 0 Å². The monoisotopic (exact) mass is 311 g/mol. The zero-order valence-corrected chi connectivity index (χ0v) is 12.5. The summed E-state index contributed by atoms with van der Waals surface area (Å²) in [6.45, 7) is 0.827. The number of ether oxygens (including phenoxy) is 2. The van der Waals surface area contributed by atoms with Gasteiger partial charge in [-0.1, -0.05) is 29.3 Å². The molecule has 3 nitrogen and oxygen atoms in total. The zero-order chi connectivity index (χ0) is 14.5. The SMILES string of the molecule is COc1ccc(COc2cc(Cl)cc(Cl)c2)cc1CN. The number of hydrogen-bond acceptors (Lipinski definition) is 3. The largest absolute Gasteiger partial charge is 0.496 e. The average Bonchev–Trinajstić information content (AvgIpc) is 2.43. The maximum atomic E-state index is 5.92. The molecule has 0 bridgehead atoms. The molecule has 0 aliphatic carbocycles. The summed E-state index contributed by atoms with van der Waals surface area (Å²) in [6.07, 6.45) is 0. The van der Waals surface area contributed by atoms with E-state index in [2.05, 4.69) is 0 Å². The van der Waals surface area contributed by atoms with Gasteiger partial charge in [-0.2, -0.15) is 0 Å². The number of hydrogen-bond donors (Lipinski definition) is 1. The third-order valence-electron chi connectivity index (χ3n) is 2.81. The summed E-state index contributed by atoms with van der Waals surface area (Å²) < 4.78 is 10.9. The minimum absolute atomic E-state index is 0.410. The van der Waals surface area contributed by atoms with Crippen LogP contribution in [0.4, 0.5) is 0 Å². The van der Waals surface area contributed by atoms with Gasteiger partial charge in [0.1, 0.15) is 18.1 Å². The van der Waals surface area contributed by atoms with Crippen LogP contribution in [0, 0.1) is 0 Å². The fourth-order valence-electron chi connectivity index (χ4n) is 1.86. The van der Waals surface area contributed by atoms with Crippen molar-refractivity contribution in [1.82, 2.24) is 0 Å². The molecule has 20 heavy (non-hydrogen) atoms. The predicted octanol–water partition coefficient (Wildman–Crippen LogP) is 4.04. The van der Waals surface area contributed by atoms with Crippen molar-refractivity contribution >= 4 is 23.2 Å². The molecule has 0 unspecified atom stereocenters. The minimum atomic E-state index is 0.410. The molecule has 0 radical (unpaired) electrons. The Balaban J connectivity index is 2.10. The number of methoxy groups -OCH3 is 1.